The molecule has 0 spiro atoms. The molecule has 3 rings (SSSR count). The molecular weight excluding hydrogens is 206 g/mol. The predicted octanol–water partition coefficient (Wildman–Crippen LogP) is 2.01. The van der Waals surface area contributed by atoms with Crippen LogP contribution in [0.1, 0.15) is 41.7 Å². The van der Waals surface area contributed by atoms with Crippen LogP contribution in [0.3, 0.4) is 0 Å². The average molecular weight is 223 g/mol. The van der Waals surface area contributed by atoms with E-state index in [0.717, 1.165) is 19.5 Å². The molecule has 0 bridgehead atoms. The highest BCUT2D eigenvalue weighted by Gasteiger charge is 2.22. The highest BCUT2D eigenvalue weighted by molar-refractivity contribution is 7.99. The Kier molecular flexibility index (Phi) is 2.71. The summed E-state index contributed by atoms with van der Waals surface area (Å²) >= 11 is 2.07. The second kappa shape index (κ2) is 4.18. The van der Waals surface area contributed by atoms with Gasteiger partial charge in [-0.3, -0.25) is 0 Å². The fraction of sp³-hybridized carbons (Fsp3) is 0.727. The number of aromatic amines is 1. The Balaban J connectivity index is 1.82. The predicted molar refractivity (Wildman–Crippen MR) is 63.0 cm³/mol. The molecule has 0 aliphatic carbocycles. The molecule has 0 saturated carbocycles. The zero-order valence-corrected chi connectivity index (χ0v) is 9.70. The van der Waals surface area contributed by atoms with Crippen LogP contribution >= 0.6 is 11.8 Å². The lowest BCUT2D eigenvalue weighted by atomic mass is 10.2. The van der Waals surface area contributed by atoms with Crippen molar-refractivity contribution in [2.24, 2.45) is 0 Å². The summed E-state index contributed by atoms with van der Waals surface area (Å²) in [6, 6.07) is 0. The van der Waals surface area contributed by atoms with E-state index in [1.165, 1.54) is 42.2 Å². The lowest BCUT2D eigenvalue weighted by molar-refractivity contribution is 0.627. The van der Waals surface area contributed by atoms with Gasteiger partial charge in [-0.15, -0.1) is 0 Å². The van der Waals surface area contributed by atoms with Gasteiger partial charge in [0.2, 0.25) is 0 Å². The van der Waals surface area contributed by atoms with Gasteiger partial charge >= 0.3 is 0 Å². The van der Waals surface area contributed by atoms with Crippen LogP contribution in [0.15, 0.2) is 0 Å². The van der Waals surface area contributed by atoms with E-state index in [1.807, 2.05) is 0 Å². The van der Waals surface area contributed by atoms with Gasteiger partial charge in [-0.25, -0.2) is 4.98 Å². The number of thioether (sulfide) groups is 1. The second-order valence-corrected chi connectivity index (χ2v) is 5.64. The summed E-state index contributed by atoms with van der Waals surface area (Å²) in [5.74, 6) is 2.53. The fourth-order valence-corrected chi connectivity index (χ4v) is 3.61. The summed E-state index contributed by atoms with van der Waals surface area (Å²) in [6.07, 6.45) is 5.12. The molecule has 2 aliphatic heterocycles. The number of imidazole rings is 1. The molecule has 1 unspecified atom stereocenters. The average Bonchev–Trinajstić information content (AvgIpc) is 2.74. The highest BCUT2D eigenvalue weighted by atomic mass is 32.2. The molecule has 1 aromatic heterocycles. The molecule has 0 amide bonds. The number of nitrogens with one attached hydrogen (secondary N) is 2. The van der Waals surface area contributed by atoms with Crippen molar-refractivity contribution in [3.63, 3.8) is 0 Å². The molecule has 3 heterocycles. The maximum atomic E-state index is 4.76. The monoisotopic (exact) mass is 223 g/mol. The Morgan fingerprint density at radius 2 is 2.33 bits per heavy atom. The van der Waals surface area contributed by atoms with Crippen LogP contribution in [0.5, 0.6) is 0 Å². The van der Waals surface area contributed by atoms with E-state index >= 15 is 0 Å². The van der Waals surface area contributed by atoms with Crippen LogP contribution < -0.4 is 5.32 Å². The van der Waals surface area contributed by atoms with Gasteiger partial charge < -0.3 is 10.3 Å². The molecule has 0 aromatic carbocycles. The Hall–Kier alpha value is -0.480. The van der Waals surface area contributed by atoms with Crippen LogP contribution in [0.25, 0.3) is 0 Å². The molecule has 1 saturated heterocycles. The van der Waals surface area contributed by atoms with Gasteiger partial charge in [0, 0.05) is 19.5 Å². The van der Waals surface area contributed by atoms with Crippen molar-refractivity contribution in [2.75, 3.05) is 12.3 Å². The maximum Gasteiger partial charge on any atom is 0.119 e. The minimum absolute atomic E-state index is 0.629. The van der Waals surface area contributed by atoms with Crippen molar-refractivity contribution >= 4 is 11.8 Å². The zero-order valence-electron chi connectivity index (χ0n) is 8.88. The summed E-state index contributed by atoms with van der Waals surface area (Å²) in [4.78, 5) is 8.27. The molecule has 1 atom stereocenters. The van der Waals surface area contributed by atoms with Crippen molar-refractivity contribution in [3.8, 4) is 0 Å². The largest absolute Gasteiger partial charge is 0.344 e. The molecule has 4 heteroatoms. The van der Waals surface area contributed by atoms with Gasteiger partial charge in [0.15, 0.2) is 0 Å². The quantitative estimate of drug-likeness (QED) is 0.765. The number of rotatable bonds is 1. The van der Waals surface area contributed by atoms with Crippen LogP contribution in [0.2, 0.25) is 0 Å². The van der Waals surface area contributed by atoms with Crippen molar-refractivity contribution in [3.05, 3.63) is 17.2 Å². The topological polar surface area (TPSA) is 40.7 Å². The first kappa shape index (κ1) is 9.73. The number of hydrogen-bond donors (Lipinski definition) is 2. The third-order valence-corrected chi connectivity index (χ3v) is 4.59. The standard InChI is InChI=1S/C11H17N3S/c1-2-6-15-10(3-1)11-13-8-4-5-12-7-9(8)14-11/h10,12H,1-7H2,(H,13,14). The number of H-pyrrole nitrogens is 1. The van der Waals surface area contributed by atoms with Crippen molar-refractivity contribution in [2.45, 2.75) is 37.5 Å². The Morgan fingerprint density at radius 1 is 1.33 bits per heavy atom. The van der Waals surface area contributed by atoms with E-state index in [9.17, 15) is 0 Å². The third-order valence-electron chi connectivity index (χ3n) is 3.21. The van der Waals surface area contributed by atoms with E-state index in [2.05, 4.69) is 22.1 Å². The molecule has 0 radical (unpaired) electrons. The first-order valence-corrected chi connectivity index (χ1v) is 6.88. The lowest BCUT2D eigenvalue weighted by Gasteiger charge is -2.18. The summed E-state index contributed by atoms with van der Waals surface area (Å²) < 4.78 is 0. The molecule has 15 heavy (non-hydrogen) atoms. The summed E-state index contributed by atoms with van der Waals surface area (Å²) in [5, 5.41) is 4.01. The van der Waals surface area contributed by atoms with Gasteiger partial charge in [-0.1, -0.05) is 6.42 Å². The second-order valence-electron chi connectivity index (χ2n) is 4.33. The molecule has 2 aliphatic rings. The minimum atomic E-state index is 0.629. The van der Waals surface area contributed by atoms with Crippen molar-refractivity contribution in [1.82, 2.24) is 15.3 Å². The van der Waals surface area contributed by atoms with Gasteiger partial charge in [0.1, 0.15) is 5.82 Å². The fourth-order valence-electron chi connectivity index (χ4n) is 2.35. The molecule has 2 N–H and O–H groups in total. The van der Waals surface area contributed by atoms with E-state index in [-0.39, 0.29) is 0 Å². The number of aromatic nitrogens is 2. The van der Waals surface area contributed by atoms with Crippen molar-refractivity contribution < 1.29 is 0 Å². The van der Waals surface area contributed by atoms with Gasteiger partial charge in [-0.2, -0.15) is 11.8 Å². The van der Waals surface area contributed by atoms with E-state index in [1.54, 1.807) is 0 Å². The number of fused-ring (bicyclic) bond motifs is 1. The summed E-state index contributed by atoms with van der Waals surface area (Å²) in [5.41, 5.74) is 2.62. The Morgan fingerprint density at radius 3 is 3.13 bits per heavy atom. The smallest absolute Gasteiger partial charge is 0.119 e. The molecule has 82 valence electrons. The van der Waals surface area contributed by atoms with Gasteiger partial charge in [-0.05, 0) is 18.6 Å². The normalized spacial score (nSPS) is 26.3. The SMILES string of the molecule is C1CCC(c2nc3c([nH]2)CNCC3)SC1. The Bertz CT molecular complexity index is 318. The van der Waals surface area contributed by atoms with Crippen molar-refractivity contribution in [1.29, 1.82) is 0 Å². The number of hydrogen-bond acceptors (Lipinski definition) is 3. The molecular formula is C11H17N3S. The first-order valence-electron chi connectivity index (χ1n) is 5.83. The van der Waals surface area contributed by atoms with Crippen LogP contribution in [0.4, 0.5) is 0 Å². The molecule has 1 aromatic rings. The van der Waals surface area contributed by atoms with Gasteiger partial charge in [0.05, 0.1) is 16.6 Å². The first-order chi connectivity index (χ1) is 7.43. The van der Waals surface area contributed by atoms with Gasteiger partial charge in [0.25, 0.3) is 0 Å². The Labute approximate surface area is 94.4 Å². The van der Waals surface area contributed by atoms with E-state index < -0.39 is 0 Å². The highest BCUT2D eigenvalue weighted by Crippen LogP contribution is 2.37. The maximum absolute atomic E-state index is 4.76. The minimum Gasteiger partial charge on any atom is -0.344 e. The summed E-state index contributed by atoms with van der Waals surface area (Å²) in [6.45, 7) is 2.05. The zero-order chi connectivity index (χ0) is 10.1. The lowest BCUT2D eigenvalue weighted by Crippen LogP contribution is -2.23. The molecule has 1 fully saturated rings. The summed E-state index contributed by atoms with van der Waals surface area (Å²) in [7, 11) is 0. The van der Waals surface area contributed by atoms with Crippen LogP contribution in [0, 0.1) is 0 Å². The molecule has 3 nitrogen and oxygen atoms in total. The van der Waals surface area contributed by atoms with E-state index in [4.69, 9.17) is 4.98 Å². The third kappa shape index (κ3) is 1.93. The van der Waals surface area contributed by atoms with Crippen LogP contribution in [-0.2, 0) is 13.0 Å². The van der Waals surface area contributed by atoms with Crippen LogP contribution in [-0.4, -0.2) is 22.3 Å². The van der Waals surface area contributed by atoms with E-state index in [0.29, 0.717) is 5.25 Å². The number of nitrogens with zero attached hydrogens (tertiary/aromatic N) is 1.